The summed E-state index contributed by atoms with van der Waals surface area (Å²) in [6.45, 7) is 12.2. The predicted octanol–water partition coefficient (Wildman–Crippen LogP) is 4.58. The molecule has 6 heteroatoms. The van der Waals surface area contributed by atoms with Crippen LogP contribution in [0.1, 0.15) is 38.1 Å². The first-order valence-electron chi connectivity index (χ1n) is 10.9. The molecule has 162 valence electrons. The number of hydrogen-bond donors (Lipinski definition) is 0. The lowest BCUT2D eigenvalue weighted by Gasteiger charge is -2.24. The maximum Gasteiger partial charge on any atom is 0.165 e. The van der Waals surface area contributed by atoms with Crippen molar-refractivity contribution in [1.29, 1.82) is 0 Å². The number of hydrogen-bond acceptors (Lipinski definition) is 5. The van der Waals surface area contributed by atoms with Crippen molar-refractivity contribution < 1.29 is 4.74 Å². The number of likely N-dealkylation sites (N-methyl/N-ethyl adjacent to an activating group) is 1. The Hall–Kier alpha value is -2.60. The first-order chi connectivity index (χ1) is 14.4. The Bertz CT molecular complexity index is 956. The number of aromatic nitrogens is 3. The Kier molecular flexibility index (Phi) is 7.32. The molecule has 0 fully saturated rings. The summed E-state index contributed by atoms with van der Waals surface area (Å²) in [6.07, 6.45) is 2.20. The topological polar surface area (TPSA) is 45.9 Å². The standard InChI is InChI=1S/C24H35N5O/c1-7-13-28(14-8-2)22-17-18(3)25-24-23(19(4)26-29(22)24)20-9-11-21(12-10-20)30-16-15-27(5)6/h9-12,17H,7-8,13-16H2,1-6H3. The molecule has 0 radical (unpaired) electrons. The molecule has 0 aliphatic heterocycles. The van der Waals surface area contributed by atoms with E-state index in [1.807, 2.05) is 30.7 Å². The van der Waals surface area contributed by atoms with E-state index in [0.29, 0.717) is 6.61 Å². The lowest BCUT2D eigenvalue weighted by atomic mass is 10.1. The van der Waals surface area contributed by atoms with Gasteiger partial charge in [-0.3, -0.25) is 0 Å². The van der Waals surface area contributed by atoms with Crippen LogP contribution < -0.4 is 9.64 Å². The monoisotopic (exact) mass is 409 g/mol. The molecule has 0 bridgehead atoms. The van der Waals surface area contributed by atoms with Crippen LogP contribution >= 0.6 is 0 Å². The Morgan fingerprint density at radius 2 is 1.63 bits per heavy atom. The molecule has 3 rings (SSSR count). The number of aryl methyl sites for hydroxylation is 2. The molecule has 2 aromatic heterocycles. The average Bonchev–Trinajstić information content (AvgIpc) is 3.03. The van der Waals surface area contributed by atoms with E-state index in [-0.39, 0.29) is 0 Å². The van der Waals surface area contributed by atoms with Gasteiger partial charge in [-0.15, -0.1) is 0 Å². The molecular weight excluding hydrogens is 374 g/mol. The van der Waals surface area contributed by atoms with Crippen LogP contribution in [-0.2, 0) is 0 Å². The van der Waals surface area contributed by atoms with E-state index in [2.05, 4.69) is 55.7 Å². The van der Waals surface area contributed by atoms with E-state index >= 15 is 0 Å². The van der Waals surface area contributed by atoms with Crippen molar-refractivity contribution in [3.05, 3.63) is 41.7 Å². The van der Waals surface area contributed by atoms with Gasteiger partial charge in [0.25, 0.3) is 0 Å². The van der Waals surface area contributed by atoms with Gasteiger partial charge in [0.05, 0.1) is 5.69 Å². The summed E-state index contributed by atoms with van der Waals surface area (Å²) in [5.74, 6) is 2.01. The number of rotatable bonds is 10. The largest absolute Gasteiger partial charge is 0.492 e. The second-order valence-corrected chi connectivity index (χ2v) is 8.11. The second-order valence-electron chi connectivity index (χ2n) is 8.11. The Morgan fingerprint density at radius 1 is 0.967 bits per heavy atom. The summed E-state index contributed by atoms with van der Waals surface area (Å²) >= 11 is 0. The van der Waals surface area contributed by atoms with Gasteiger partial charge < -0.3 is 14.5 Å². The quantitative estimate of drug-likeness (QED) is 0.490. The van der Waals surface area contributed by atoms with Crippen LogP contribution in [-0.4, -0.2) is 59.8 Å². The van der Waals surface area contributed by atoms with E-state index in [0.717, 1.165) is 72.2 Å². The highest BCUT2D eigenvalue weighted by molar-refractivity contribution is 5.81. The lowest BCUT2D eigenvalue weighted by Crippen LogP contribution is -2.27. The average molecular weight is 410 g/mol. The zero-order valence-electron chi connectivity index (χ0n) is 19.3. The van der Waals surface area contributed by atoms with Crippen LogP contribution in [0.25, 0.3) is 16.8 Å². The van der Waals surface area contributed by atoms with Gasteiger partial charge >= 0.3 is 0 Å². The van der Waals surface area contributed by atoms with E-state index in [4.69, 9.17) is 14.8 Å². The molecule has 0 unspecified atom stereocenters. The summed E-state index contributed by atoms with van der Waals surface area (Å²) in [4.78, 5) is 9.39. The molecule has 3 aromatic rings. The molecule has 0 aliphatic rings. The van der Waals surface area contributed by atoms with Gasteiger partial charge in [-0.2, -0.15) is 9.61 Å². The third kappa shape index (κ3) is 4.93. The van der Waals surface area contributed by atoms with Gasteiger partial charge in [0.15, 0.2) is 5.65 Å². The number of anilines is 1. The van der Waals surface area contributed by atoms with Gasteiger partial charge in [0.1, 0.15) is 18.2 Å². The first-order valence-corrected chi connectivity index (χ1v) is 10.9. The molecule has 0 amide bonds. The maximum atomic E-state index is 5.85. The third-order valence-corrected chi connectivity index (χ3v) is 5.13. The van der Waals surface area contributed by atoms with E-state index in [9.17, 15) is 0 Å². The fraction of sp³-hybridized carbons (Fsp3) is 0.500. The number of ether oxygens (including phenoxy) is 1. The Labute approximate surface area is 180 Å². The maximum absolute atomic E-state index is 5.85. The fourth-order valence-electron chi connectivity index (χ4n) is 3.73. The van der Waals surface area contributed by atoms with E-state index < -0.39 is 0 Å². The lowest BCUT2D eigenvalue weighted by molar-refractivity contribution is 0.261. The van der Waals surface area contributed by atoms with Crippen LogP contribution in [0.5, 0.6) is 5.75 Å². The van der Waals surface area contributed by atoms with Crippen LogP contribution in [0.15, 0.2) is 30.3 Å². The van der Waals surface area contributed by atoms with Crippen LogP contribution in [0, 0.1) is 13.8 Å². The normalized spacial score (nSPS) is 11.4. The summed E-state index contributed by atoms with van der Waals surface area (Å²) in [7, 11) is 4.09. The molecule has 1 aromatic carbocycles. The molecule has 30 heavy (non-hydrogen) atoms. The Balaban J connectivity index is 1.98. The highest BCUT2D eigenvalue weighted by Gasteiger charge is 2.18. The van der Waals surface area contributed by atoms with Gasteiger partial charge in [-0.25, -0.2) is 4.98 Å². The summed E-state index contributed by atoms with van der Waals surface area (Å²) in [5, 5.41) is 4.88. The SMILES string of the molecule is CCCN(CCC)c1cc(C)nc2c(-c3ccc(OCCN(C)C)cc3)c(C)nn12. The van der Waals surface area contributed by atoms with E-state index in [1.165, 1.54) is 0 Å². The molecule has 0 saturated heterocycles. The fourth-order valence-corrected chi connectivity index (χ4v) is 3.73. The molecule has 0 spiro atoms. The number of benzene rings is 1. The minimum Gasteiger partial charge on any atom is -0.492 e. The smallest absolute Gasteiger partial charge is 0.165 e. The van der Waals surface area contributed by atoms with Crippen molar-refractivity contribution in [3.63, 3.8) is 0 Å². The zero-order valence-corrected chi connectivity index (χ0v) is 19.3. The number of fused-ring (bicyclic) bond motifs is 1. The predicted molar refractivity (Wildman–Crippen MR) is 125 cm³/mol. The van der Waals surface area contributed by atoms with Gasteiger partial charge in [0, 0.05) is 37.0 Å². The van der Waals surface area contributed by atoms with Gasteiger partial charge in [-0.1, -0.05) is 26.0 Å². The van der Waals surface area contributed by atoms with Crippen molar-refractivity contribution in [2.24, 2.45) is 0 Å². The highest BCUT2D eigenvalue weighted by atomic mass is 16.5. The molecule has 0 N–H and O–H groups in total. The highest BCUT2D eigenvalue weighted by Crippen LogP contribution is 2.31. The zero-order chi connectivity index (χ0) is 21.7. The Morgan fingerprint density at radius 3 is 2.23 bits per heavy atom. The molecule has 6 nitrogen and oxygen atoms in total. The molecule has 0 saturated carbocycles. The molecule has 0 atom stereocenters. The molecule has 0 aliphatic carbocycles. The minimum atomic E-state index is 0.677. The number of nitrogens with zero attached hydrogens (tertiary/aromatic N) is 5. The molecule has 2 heterocycles. The van der Waals surface area contributed by atoms with Crippen LogP contribution in [0.2, 0.25) is 0 Å². The van der Waals surface area contributed by atoms with Crippen LogP contribution in [0.4, 0.5) is 5.82 Å². The third-order valence-electron chi connectivity index (χ3n) is 5.13. The van der Waals surface area contributed by atoms with Crippen molar-refractivity contribution >= 4 is 11.5 Å². The summed E-state index contributed by atoms with van der Waals surface area (Å²) in [5.41, 5.74) is 5.13. The van der Waals surface area contributed by atoms with Crippen LogP contribution in [0.3, 0.4) is 0 Å². The van der Waals surface area contributed by atoms with Crippen molar-refractivity contribution in [3.8, 4) is 16.9 Å². The molecular formula is C24H35N5O. The van der Waals surface area contributed by atoms with Gasteiger partial charge in [-0.05, 0) is 58.5 Å². The van der Waals surface area contributed by atoms with Crippen molar-refractivity contribution in [2.45, 2.75) is 40.5 Å². The van der Waals surface area contributed by atoms with Gasteiger partial charge in [0.2, 0.25) is 0 Å². The summed E-state index contributed by atoms with van der Waals surface area (Å²) < 4.78 is 7.86. The van der Waals surface area contributed by atoms with Crippen molar-refractivity contribution in [1.82, 2.24) is 19.5 Å². The minimum absolute atomic E-state index is 0.677. The second kappa shape index (κ2) is 9.94. The van der Waals surface area contributed by atoms with Crippen molar-refractivity contribution in [2.75, 3.05) is 45.2 Å². The van der Waals surface area contributed by atoms with E-state index in [1.54, 1.807) is 0 Å². The summed E-state index contributed by atoms with van der Waals surface area (Å²) in [6, 6.07) is 10.4. The first kappa shape index (κ1) is 22.1.